The van der Waals surface area contributed by atoms with Gasteiger partial charge in [0.05, 0.1) is 67.1 Å². The Bertz CT molecular complexity index is 5830. The lowest BCUT2D eigenvalue weighted by Crippen LogP contribution is -2.03. The number of hydrogen-bond donors (Lipinski definition) is 0. The molecule has 0 radical (unpaired) electrons. The van der Waals surface area contributed by atoms with Gasteiger partial charge in [-0.15, -0.1) is 0 Å². The van der Waals surface area contributed by atoms with Gasteiger partial charge in [0.2, 0.25) is 0 Å². The fourth-order valence-electron chi connectivity index (χ4n) is 14.1. The first-order chi connectivity index (χ1) is 44.6. The number of nitrogens with zero attached hydrogens (tertiary/aromatic N) is 8. The zero-order chi connectivity index (χ0) is 59.4. The number of nitriles is 1. The van der Waals surface area contributed by atoms with Crippen LogP contribution in [0.25, 0.3) is 166 Å². The SMILES string of the molecule is N#Cc1ccccc1-c1cc(-c2cc(-c3nc(-c4ccccc4)nc(-c4ccccc4)n3)ccc2-n2c3ccccc3c3cc(-n4c5ccccc5c5ccccc54)ccc32)ccc1-n1c2ccccc2c2cc(-n3c4ccccc4c4ccccc43)ccc21. The molecule has 5 heterocycles. The molecule has 0 aliphatic carbocycles. The Hall–Kier alpha value is -12.4. The fourth-order valence-corrected chi connectivity index (χ4v) is 14.1. The van der Waals surface area contributed by atoms with Crippen molar-refractivity contribution in [1.29, 1.82) is 5.26 Å². The van der Waals surface area contributed by atoms with Crippen LogP contribution in [-0.2, 0) is 0 Å². The summed E-state index contributed by atoms with van der Waals surface area (Å²) >= 11 is 0. The highest BCUT2D eigenvalue weighted by Crippen LogP contribution is 2.45. The van der Waals surface area contributed by atoms with E-state index < -0.39 is 0 Å². The Morgan fingerprint density at radius 2 is 0.567 bits per heavy atom. The van der Waals surface area contributed by atoms with Crippen LogP contribution in [0.4, 0.5) is 0 Å². The number of para-hydroxylation sites is 6. The average molecular weight is 1150 g/mol. The summed E-state index contributed by atoms with van der Waals surface area (Å²) in [5.74, 6) is 1.71. The van der Waals surface area contributed by atoms with Crippen LogP contribution >= 0.6 is 0 Å². The molecule has 0 saturated heterocycles. The molecule has 0 saturated carbocycles. The van der Waals surface area contributed by atoms with Crippen molar-refractivity contribution in [2.45, 2.75) is 0 Å². The zero-order valence-electron chi connectivity index (χ0n) is 48.4. The molecule has 0 N–H and O–H groups in total. The quantitative estimate of drug-likeness (QED) is 0.144. The van der Waals surface area contributed by atoms with E-state index in [9.17, 15) is 5.26 Å². The molecule has 418 valence electrons. The Kier molecular flexibility index (Phi) is 11.5. The minimum Gasteiger partial charge on any atom is -0.309 e. The van der Waals surface area contributed by atoms with Crippen molar-refractivity contribution in [3.05, 3.63) is 309 Å². The lowest BCUT2D eigenvalue weighted by atomic mass is 9.93. The number of benzene rings is 13. The maximum absolute atomic E-state index is 11.0. The number of rotatable bonds is 9. The van der Waals surface area contributed by atoms with Gasteiger partial charge in [-0.2, -0.15) is 5.26 Å². The molecule has 0 amide bonds. The predicted molar refractivity (Wildman–Crippen MR) is 369 cm³/mol. The third-order valence-corrected chi connectivity index (χ3v) is 18.1. The highest BCUT2D eigenvalue weighted by molar-refractivity contribution is 6.15. The molecular weight excluding hydrogens is 1100 g/mol. The van der Waals surface area contributed by atoms with Crippen LogP contribution < -0.4 is 0 Å². The monoisotopic (exact) mass is 1150 g/mol. The molecule has 0 unspecified atom stereocenters. The van der Waals surface area contributed by atoms with Crippen molar-refractivity contribution in [2.75, 3.05) is 0 Å². The second-order valence-electron chi connectivity index (χ2n) is 23.0. The Morgan fingerprint density at radius 1 is 0.233 bits per heavy atom. The molecule has 18 aromatic rings. The van der Waals surface area contributed by atoms with Gasteiger partial charge in [-0.1, -0.05) is 194 Å². The van der Waals surface area contributed by atoms with Crippen LogP contribution in [0.2, 0.25) is 0 Å². The average Bonchev–Trinajstić information content (AvgIpc) is 3.88. The standard InChI is InChI=1S/C82H50N8/c83-51-56-25-7-8-26-59(56)67-47-54(39-43-77(67)90-75-38-20-14-32-65(75)69-50-58(42-46-79(69)90)88-72-35-17-11-29-62(72)63-30-12-18-36-73(63)88)66-48-55(82-85-80(52-21-3-1-4-22-52)84-81(86-82)53-23-5-2-6-24-53)40-44-76(66)89-74-37-19-13-31-64(74)68-49-57(41-45-78(68)89)87-70-33-15-9-27-60(70)61-28-10-16-34-71(61)87/h1-50H. The van der Waals surface area contributed by atoms with E-state index >= 15 is 0 Å². The largest absolute Gasteiger partial charge is 0.309 e. The van der Waals surface area contributed by atoms with Crippen molar-refractivity contribution in [3.8, 4) is 85.2 Å². The highest BCUT2D eigenvalue weighted by Gasteiger charge is 2.24. The molecule has 0 bridgehead atoms. The summed E-state index contributed by atoms with van der Waals surface area (Å²) in [5.41, 5.74) is 19.8. The van der Waals surface area contributed by atoms with Crippen molar-refractivity contribution < 1.29 is 0 Å². The van der Waals surface area contributed by atoms with Crippen molar-refractivity contribution >= 4 is 87.2 Å². The molecule has 0 aliphatic rings. The third-order valence-electron chi connectivity index (χ3n) is 18.1. The molecule has 18 rings (SSSR count). The van der Waals surface area contributed by atoms with Crippen LogP contribution in [0, 0.1) is 11.3 Å². The van der Waals surface area contributed by atoms with E-state index in [4.69, 9.17) is 15.0 Å². The maximum Gasteiger partial charge on any atom is 0.164 e. The Labute approximate surface area is 516 Å². The summed E-state index contributed by atoms with van der Waals surface area (Å²) in [5, 5.41) is 20.4. The van der Waals surface area contributed by atoms with E-state index in [1.165, 1.54) is 21.5 Å². The summed E-state index contributed by atoms with van der Waals surface area (Å²) in [4.78, 5) is 15.6. The molecular formula is C82H50N8. The third kappa shape index (κ3) is 7.90. The van der Waals surface area contributed by atoms with Crippen molar-refractivity contribution in [1.82, 2.24) is 33.2 Å². The number of aromatic nitrogens is 7. The Morgan fingerprint density at radius 3 is 1.01 bits per heavy atom. The second-order valence-corrected chi connectivity index (χ2v) is 23.0. The maximum atomic E-state index is 11.0. The van der Waals surface area contributed by atoms with Gasteiger partial charge >= 0.3 is 0 Å². The fraction of sp³-hybridized carbons (Fsp3) is 0. The molecule has 8 heteroatoms. The van der Waals surface area contributed by atoms with E-state index in [2.05, 4.69) is 249 Å². The molecule has 5 aromatic heterocycles. The van der Waals surface area contributed by atoms with E-state index in [-0.39, 0.29) is 0 Å². The lowest BCUT2D eigenvalue weighted by molar-refractivity contribution is 1.07. The van der Waals surface area contributed by atoms with Crippen LogP contribution in [0.15, 0.2) is 303 Å². The molecule has 90 heavy (non-hydrogen) atoms. The van der Waals surface area contributed by atoms with Crippen LogP contribution in [0.5, 0.6) is 0 Å². The summed E-state index contributed by atoms with van der Waals surface area (Å²) in [6.45, 7) is 0. The van der Waals surface area contributed by atoms with Crippen LogP contribution in [0.3, 0.4) is 0 Å². The lowest BCUT2D eigenvalue weighted by Gasteiger charge is -2.20. The van der Waals surface area contributed by atoms with Crippen molar-refractivity contribution in [3.63, 3.8) is 0 Å². The van der Waals surface area contributed by atoms with Gasteiger partial charge in [0, 0.05) is 87.8 Å². The highest BCUT2D eigenvalue weighted by atomic mass is 15.0. The van der Waals surface area contributed by atoms with Gasteiger partial charge in [0.25, 0.3) is 0 Å². The normalized spacial score (nSPS) is 11.8. The smallest absolute Gasteiger partial charge is 0.164 e. The summed E-state index contributed by atoms with van der Waals surface area (Å²) in [6, 6.07) is 110. The topological polar surface area (TPSA) is 82.2 Å². The molecule has 0 spiro atoms. The molecule has 13 aromatic carbocycles. The van der Waals surface area contributed by atoms with Gasteiger partial charge in [0.1, 0.15) is 0 Å². The van der Waals surface area contributed by atoms with Crippen LogP contribution in [-0.4, -0.2) is 33.2 Å². The molecule has 0 atom stereocenters. The van der Waals surface area contributed by atoms with E-state index in [0.717, 1.165) is 127 Å². The summed E-state index contributed by atoms with van der Waals surface area (Å²) in [7, 11) is 0. The van der Waals surface area contributed by atoms with Gasteiger partial charge in [0.15, 0.2) is 17.5 Å². The number of hydrogen-bond acceptors (Lipinski definition) is 4. The summed E-state index contributed by atoms with van der Waals surface area (Å²) in [6.07, 6.45) is 0. The molecule has 8 nitrogen and oxygen atoms in total. The van der Waals surface area contributed by atoms with Crippen LogP contribution in [0.1, 0.15) is 5.56 Å². The first kappa shape index (κ1) is 50.8. The van der Waals surface area contributed by atoms with E-state index in [0.29, 0.717) is 23.0 Å². The number of fused-ring (bicyclic) bond motifs is 12. The van der Waals surface area contributed by atoms with E-state index in [1.54, 1.807) is 0 Å². The van der Waals surface area contributed by atoms with Gasteiger partial charge in [-0.05, 0) is 115 Å². The van der Waals surface area contributed by atoms with Gasteiger partial charge in [-0.3, -0.25) is 0 Å². The molecule has 0 fully saturated rings. The van der Waals surface area contributed by atoms with Crippen molar-refractivity contribution in [2.24, 2.45) is 0 Å². The van der Waals surface area contributed by atoms with Gasteiger partial charge in [-0.25, -0.2) is 15.0 Å². The first-order valence-corrected chi connectivity index (χ1v) is 30.3. The Balaban J connectivity index is 0.891. The zero-order valence-corrected chi connectivity index (χ0v) is 48.4. The first-order valence-electron chi connectivity index (χ1n) is 30.3. The minimum atomic E-state index is 0.547. The minimum absolute atomic E-state index is 0.547. The molecule has 0 aliphatic heterocycles. The summed E-state index contributed by atoms with van der Waals surface area (Å²) < 4.78 is 9.57. The second kappa shape index (κ2) is 20.3. The van der Waals surface area contributed by atoms with Gasteiger partial charge < -0.3 is 18.3 Å². The predicted octanol–water partition coefficient (Wildman–Crippen LogP) is 20.5. The van der Waals surface area contributed by atoms with E-state index in [1.807, 2.05) is 78.9 Å².